The molecule has 7 nitrogen and oxygen atoms in total. The van der Waals surface area contributed by atoms with Crippen molar-refractivity contribution in [3.05, 3.63) is 59.8 Å². The van der Waals surface area contributed by atoms with E-state index < -0.39 is 11.2 Å². The number of carbonyl (C=O) groups is 1. The highest BCUT2D eigenvalue weighted by molar-refractivity contribution is 5.97. The Morgan fingerprint density at radius 2 is 1.94 bits per heavy atom. The Bertz CT molecular complexity index is 1140. The zero-order chi connectivity index (χ0) is 22.5. The Balaban J connectivity index is 1.51. The fourth-order valence-electron chi connectivity index (χ4n) is 5.38. The molecule has 0 spiro atoms. The molecular weight excluding hydrogens is 406 g/mol. The fraction of sp³-hybridized carbons (Fsp3) is 0.480. The molecule has 0 aromatic carbocycles. The molecule has 1 aliphatic carbocycles. The summed E-state index contributed by atoms with van der Waals surface area (Å²) in [7, 11) is 0. The number of hydrogen-bond donors (Lipinski definition) is 0. The van der Waals surface area contributed by atoms with Gasteiger partial charge in [-0.05, 0) is 64.8 Å². The van der Waals surface area contributed by atoms with Gasteiger partial charge in [-0.2, -0.15) is 0 Å². The topological polar surface area (TPSA) is 75.0 Å². The zero-order valence-corrected chi connectivity index (χ0v) is 19.0. The van der Waals surface area contributed by atoms with E-state index in [1.807, 2.05) is 68.6 Å². The average molecular weight is 436 g/mol. The van der Waals surface area contributed by atoms with Gasteiger partial charge in [0.05, 0.1) is 24.5 Å². The number of imidazole rings is 1. The third kappa shape index (κ3) is 3.49. The molecule has 3 atom stereocenters. The van der Waals surface area contributed by atoms with Crippen LogP contribution in [0, 0.1) is 6.92 Å². The summed E-state index contributed by atoms with van der Waals surface area (Å²) in [6, 6.07) is 9.64. The standard InChI is InChI=1S/C25H29N3O4/c1-5-30-18-9-8-12-28-22(16(2)27-23(18)28)17(29)13-25(21-10-6-7-11-26-21)14-19-20(15-25)32-24(3,4)31-19/h6-12,19-20H,5,13-15H2,1-4H3/t19-,20+,25?. The van der Waals surface area contributed by atoms with Gasteiger partial charge in [0, 0.05) is 29.9 Å². The van der Waals surface area contributed by atoms with Crippen LogP contribution < -0.4 is 4.74 Å². The highest BCUT2D eigenvalue weighted by Crippen LogP contribution is 2.50. The number of aryl methyl sites for hydroxylation is 1. The number of pyridine rings is 2. The maximum absolute atomic E-state index is 13.8. The Hall–Kier alpha value is -2.77. The quantitative estimate of drug-likeness (QED) is 0.539. The molecule has 168 valence electrons. The molecule has 1 aliphatic heterocycles. The van der Waals surface area contributed by atoms with E-state index in [9.17, 15) is 4.79 Å². The van der Waals surface area contributed by atoms with Crippen LogP contribution in [-0.4, -0.2) is 44.8 Å². The van der Waals surface area contributed by atoms with Crippen molar-refractivity contribution in [2.75, 3.05) is 6.61 Å². The summed E-state index contributed by atoms with van der Waals surface area (Å²) in [5.41, 5.74) is 2.42. The molecule has 0 N–H and O–H groups in total. The second-order valence-corrected chi connectivity index (χ2v) is 9.26. The van der Waals surface area contributed by atoms with Gasteiger partial charge in [-0.3, -0.25) is 14.2 Å². The van der Waals surface area contributed by atoms with E-state index >= 15 is 0 Å². The number of rotatable bonds is 6. The number of fused-ring (bicyclic) bond motifs is 2. The number of Topliss-reactive ketones (excluding diaryl/α,β-unsaturated/α-hetero) is 1. The SMILES string of the molecule is CCOc1cccn2c(C(=O)CC3(c4ccccn4)C[C@@H]4OC(C)(C)O[C@@H]4C3)c(C)nc12. The van der Waals surface area contributed by atoms with Crippen molar-refractivity contribution >= 4 is 11.4 Å². The monoisotopic (exact) mass is 435 g/mol. The van der Waals surface area contributed by atoms with Crippen molar-refractivity contribution in [3.63, 3.8) is 0 Å². The van der Waals surface area contributed by atoms with Crippen LogP contribution in [0.15, 0.2) is 42.7 Å². The molecule has 32 heavy (non-hydrogen) atoms. The first kappa shape index (κ1) is 21.1. The van der Waals surface area contributed by atoms with Gasteiger partial charge in [-0.25, -0.2) is 4.98 Å². The van der Waals surface area contributed by atoms with Gasteiger partial charge in [0.25, 0.3) is 0 Å². The van der Waals surface area contributed by atoms with Gasteiger partial charge >= 0.3 is 0 Å². The Kier molecular flexibility index (Phi) is 5.06. The molecule has 0 amide bonds. The van der Waals surface area contributed by atoms with Gasteiger partial charge < -0.3 is 14.2 Å². The van der Waals surface area contributed by atoms with Gasteiger partial charge in [0.1, 0.15) is 5.69 Å². The summed E-state index contributed by atoms with van der Waals surface area (Å²) >= 11 is 0. The third-order valence-corrected chi connectivity index (χ3v) is 6.53. The van der Waals surface area contributed by atoms with Crippen molar-refractivity contribution in [1.29, 1.82) is 0 Å². The smallest absolute Gasteiger partial charge is 0.182 e. The van der Waals surface area contributed by atoms with Crippen LogP contribution in [-0.2, 0) is 14.9 Å². The highest BCUT2D eigenvalue weighted by Gasteiger charge is 2.55. The zero-order valence-electron chi connectivity index (χ0n) is 19.0. The molecule has 2 aliphatic rings. The van der Waals surface area contributed by atoms with Crippen molar-refractivity contribution in [3.8, 4) is 5.75 Å². The largest absolute Gasteiger partial charge is 0.490 e. The molecule has 0 bridgehead atoms. The van der Waals surface area contributed by atoms with Gasteiger partial charge in [-0.1, -0.05) is 6.07 Å². The molecule has 1 unspecified atom stereocenters. The number of ketones is 1. The number of carbonyl (C=O) groups excluding carboxylic acids is 1. The summed E-state index contributed by atoms with van der Waals surface area (Å²) < 4.78 is 19.9. The lowest BCUT2D eigenvalue weighted by atomic mass is 9.77. The second kappa shape index (κ2) is 7.67. The lowest BCUT2D eigenvalue weighted by Crippen LogP contribution is -2.32. The Labute approximate surface area is 187 Å². The normalized spacial score (nSPS) is 26.4. The third-order valence-electron chi connectivity index (χ3n) is 6.53. The van der Waals surface area contributed by atoms with Crippen LogP contribution >= 0.6 is 0 Å². The molecule has 3 aromatic heterocycles. The minimum Gasteiger partial charge on any atom is -0.490 e. The van der Waals surface area contributed by atoms with E-state index in [0.29, 0.717) is 48.7 Å². The fourth-order valence-corrected chi connectivity index (χ4v) is 5.38. The lowest BCUT2D eigenvalue weighted by molar-refractivity contribution is -0.155. The average Bonchev–Trinajstić information content (AvgIpc) is 3.35. The van der Waals surface area contributed by atoms with Crippen molar-refractivity contribution in [2.24, 2.45) is 0 Å². The van der Waals surface area contributed by atoms with Crippen molar-refractivity contribution in [1.82, 2.24) is 14.4 Å². The molecule has 5 rings (SSSR count). The summed E-state index contributed by atoms with van der Waals surface area (Å²) in [6.45, 7) is 8.23. The van der Waals surface area contributed by atoms with E-state index in [1.54, 1.807) is 6.20 Å². The van der Waals surface area contributed by atoms with E-state index in [-0.39, 0.29) is 18.0 Å². The van der Waals surface area contributed by atoms with Gasteiger partial charge in [0.15, 0.2) is 23.0 Å². The predicted molar refractivity (Wildman–Crippen MR) is 119 cm³/mol. The number of nitrogens with zero attached hydrogens (tertiary/aromatic N) is 3. The number of ether oxygens (including phenoxy) is 3. The molecule has 1 saturated carbocycles. The van der Waals surface area contributed by atoms with Crippen LogP contribution in [0.3, 0.4) is 0 Å². The lowest BCUT2D eigenvalue weighted by Gasteiger charge is -2.30. The minimum absolute atomic E-state index is 0.0357. The van der Waals surface area contributed by atoms with Crippen molar-refractivity contribution in [2.45, 2.75) is 70.4 Å². The Morgan fingerprint density at radius 3 is 2.59 bits per heavy atom. The van der Waals surface area contributed by atoms with E-state index in [2.05, 4.69) is 9.97 Å². The van der Waals surface area contributed by atoms with Crippen LogP contribution in [0.2, 0.25) is 0 Å². The van der Waals surface area contributed by atoms with Crippen LogP contribution in [0.1, 0.15) is 61.9 Å². The molecule has 3 aromatic rings. The van der Waals surface area contributed by atoms with Gasteiger partial charge in [0.2, 0.25) is 0 Å². The second-order valence-electron chi connectivity index (χ2n) is 9.26. The summed E-state index contributed by atoms with van der Waals surface area (Å²) in [5.74, 6) is 0.119. The maximum atomic E-state index is 13.8. The predicted octanol–water partition coefficient (Wildman–Crippen LogP) is 4.26. The first-order chi connectivity index (χ1) is 15.3. The van der Waals surface area contributed by atoms with Gasteiger partial charge in [-0.15, -0.1) is 0 Å². The van der Waals surface area contributed by atoms with E-state index in [1.165, 1.54) is 0 Å². The maximum Gasteiger partial charge on any atom is 0.182 e. The van der Waals surface area contributed by atoms with Crippen LogP contribution in [0.5, 0.6) is 5.75 Å². The molecular formula is C25H29N3O4. The Morgan fingerprint density at radius 1 is 1.19 bits per heavy atom. The summed E-state index contributed by atoms with van der Waals surface area (Å²) in [6.07, 6.45) is 5.28. The van der Waals surface area contributed by atoms with Crippen molar-refractivity contribution < 1.29 is 19.0 Å². The molecule has 4 heterocycles. The van der Waals surface area contributed by atoms with E-state index in [4.69, 9.17) is 14.2 Å². The van der Waals surface area contributed by atoms with E-state index in [0.717, 1.165) is 5.69 Å². The molecule has 1 saturated heterocycles. The summed E-state index contributed by atoms with van der Waals surface area (Å²) in [5, 5.41) is 0. The minimum atomic E-state index is -0.594. The first-order valence-electron chi connectivity index (χ1n) is 11.2. The van der Waals surface area contributed by atoms with Crippen LogP contribution in [0.25, 0.3) is 5.65 Å². The number of hydrogen-bond acceptors (Lipinski definition) is 6. The number of aromatic nitrogens is 3. The molecule has 2 fully saturated rings. The summed E-state index contributed by atoms with van der Waals surface area (Å²) in [4.78, 5) is 23.1. The van der Waals surface area contributed by atoms with Crippen LogP contribution in [0.4, 0.5) is 0 Å². The molecule has 0 radical (unpaired) electrons. The first-order valence-corrected chi connectivity index (χ1v) is 11.2. The molecule has 7 heteroatoms. The highest BCUT2D eigenvalue weighted by atomic mass is 16.8.